The molecule has 0 atom stereocenters. The Hall–Kier alpha value is 0.0700. The summed E-state index contributed by atoms with van der Waals surface area (Å²) in [6.45, 7) is 4.80. The minimum absolute atomic E-state index is 0.0761. The summed E-state index contributed by atoms with van der Waals surface area (Å²) in [5.74, 6) is 0. The van der Waals surface area contributed by atoms with E-state index in [-0.39, 0.29) is 26.4 Å². The monoisotopic (exact) mass is 674 g/mol. The Morgan fingerprint density at radius 2 is 0.674 bits per heavy atom. The fourth-order valence-electron chi connectivity index (χ4n) is 6.73. The van der Waals surface area contributed by atoms with Crippen molar-refractivity contribution < 1.29 is 19.6 Å². The Kier molecular flexibility index (Phi) is 37.9. The second-order valence-corrected chi connectivity index (χ2v) is 17.3. The molecule has 0 saturated heterocycles. The van der Waals surface area contributed by atoms with Gasteiger partial charge in [-0.15, -0.1) is 4.83 Å². The molecule has 0 bridgehead atoms. The van der Waals surface area contributed by atoms with Crippen molar-refractivity contribution in [3.63, 3.8) is 0 Å². The van der Waals surface area contributed by atoms with Crippen LogP contribution in [0.5, 0.6) is 0 Å². The van der Waals surface area contributed by atoms with Crippen LogP contribution in [0.15, 0.2) is 0 Å². The molecule has 0 aliphatic carbocycles. The summed E-state index contributed by atoms with van der Waals surface area (Å²) in [6.07, 6.45) is 43.9. The van der Waals surface area contributed by atoms with Crippen LogP contribution in [0, 0.1) is 0 Å². The molecule has 0 rings (SSSR count). The van der Waals surface area contributed by atoms with E-state index in [0.717, 1.165) is 25.7 Å². The lowest BCUT2D eigenvalue weighted by molar-refractivity contribution is -0.103. The molecule has 0 spiro atoms. The van der Waals surface area contributed by atoms with Gasteiger partial charge in [-0.2, -0.15) is 0 Å². The first-order valence-corrected chi connectivity index (χ1v) is 22.9. The average molecular weight is 674 g/mol. The first-order chi connectivity index (χ1) is 22.6. The van der Waals surface area contributed by atoms with E-state index < -0.39 is 7.29 Å². The molecule has 0 unspecified atom stereocenters. The van der Waals surface area contributed by atoms with Gasteiger partial charge in [0.15, 0.2) is 7.29 Å². The van der Waals surface area contributed by atoms with Crippen molar-refractivity contribution >= 4 is 7.29 Å². The zero-order valence-electron chi connectivity index (χ0n) is 31.5. The molecule has 0 fully saturated rings. The molecule has 0 amide bonds. The van der Waals surface area contributed by atoms with Crippen LogP contribution in [0.3, 0.4) is 0 Å². The number of unbranched alkanes of at least 4 members (excludes halogenated alkanes) is 30. The SMILES string of the molecule is CCCCCCCCCCCCCCCCCCP(=O)(CCCCCCCCCCCCCCCCCC)N(CCO)OCCO. The van der Waals surface area contributed by atoms with Gasteiger partial charge in [-0.05, 0) is 12.8 Å². The van der Waals surface area contributed by atoms with E-state index in [1.807, 2.05) is 0 Å². The van der Waals surface area contributed by atoms with Gasteiger partial charge >= 0.3 is 0 Å². The Labute approximate surface area is 289 Å². The summed E-state index contributed by atoms with van der Waals surface area (Å²) >= 11 is 0. The third-order valence-electron chi connectivity index (χ3n) is 9.75. The molecule has 6 heteroatoms. The quantitative estimate of drug-likeness (QED) is 0.0385. The topological polar surface area (TPSA) is 70.0 Å². The molecule has 0 aliphatic rings. The van der Waals surface area contributed by atoms with Gasteiger partial charge in [0.25, 0.3) is 0 Å². The standard InChI is InChI=1S/C40H84NO4P/c1-3-5-7-9-11-13-15-17-19-21-23-25-27-29-31-33-39-46(44,41(35-36-42)45-38-37-43)40-34-32-30-28-26-24-22-20-18-16-14-12-10-8-6-4-2/h42-43H,3-40H2,1-2H3. The summed E-state index contributed by atoms with van der Waals surface area (Å²) in [5.41, 5.74) is 0. The smallest absolute Gasteiger partial charge is 0.172 e. The molecule has 0 heterocycles. The largest absolute Gasteiger partial charge is 0.395 e. The number of hydrogen-bond donors (Lipinski definition) is 2. The highest BCUT2D eigenvalue weighted by Gasteiger charge is 2.30. The van der Waals surface area contributed by atoms with Crippen molar-refractivity contribution in [2.45, 2.75) is 219 Å². The molecule has 2 N–H and O–H groups in total. The van der Waals surface area contributed by atoms with E-state index >= 15 is 0 Å². The van der Waals surface area contributed by atoms with Crippen LogP contribution in [-0.4, -0.2) is 53.7 Å². The maximum absolute atomic E-state index is 14.1. The summed E-state index contributed by atoms with van der Waals surface area (Å²) in [7, 11) is -2.71. The molecule has 0 aromatic carbocycles. The molecule has 46 heavy (non-hydrogen) atoms. The second kappa shape index (κ2) is 37.9. The Morgan fingerprint density at radius 3 is 0.913 bits per heavy atom. The van der Waals surface area contributed by atoms with Crippen LogP contribution in [-0.2, 0) is 9.40 Å². The normalized spacial score (nSPS) is 12.1. The molecule has 278 valence electrons. The van der Waals surface area contributed by atoms with Gasteiger partial charge in [-0.25, -0.2) is 0 Å². The highest BCUT2D eigenvalue weighted by atomic mass is 31.2. The van der Waals surface area contributed by atoms with E-state index in [1.165, 1.54) is 180 Å². The molecular weight excluding hydrogens is 589 g/mol. The minimum Gasteiger partial charge on any atom is -0.395 e. The van der Waals surface area contributed by atoms with Crippen LogP contribution in [0.2, 0.25) is 0 Å². The summed E-state index contributed by atoms with van der Waals surface area (Å²) in [4.78, 5) is 7.28. The van der Waals surface area contributed by atoms with Gasteiger partial charge in [0.1, 0.15) is 0 Å². The van der Waals surface area contributed by atoms with E-state index in [0.29, 0.717) is 12.3 Å². The molecule has 0 aliphatic heterocycles. The highest BCUT2D eigenvalue weighted by Crippen LogP contribution is 2.51. The molecule has 0 aromatic heterocycles. The lowest BCUT2D eigenvalue weighted by Crippen LogP contribution is -2.28. The van der Waals surface area contributed by atoms with E-state index in [4.69, 9.17) is 4.84 Å². The maximum atomic E-state index is 14.1. The zero-order valence-corrected chi connectivity index (χ0v) is 32.4. The fraction of sp³-hybridized carbons (Fsp3) is 1.00. The number of nitrogens with zero attached hydrogens (tertiary/aromatic N) is 1. The van der Waals surface area contributed by atoms with Crippen molar-refractivity contribution in [2.24, 2.45) is 0 Å². The third-order valence-corrected chi connectivity index (χ3v) is 12.9. The first kappa shape index (κ1) is 46.1. The van der Waals surface area contributed by atoms with Gasteiger partial charge in [0.05, 0.1) is 26.4 Å². The second-order valence-electron chi connectivity index (χ2n) is 14.3. The van der Waals surface area contributed by atoms with E-state index in [2.05, 4.69) is 13.8 Å². The highest BCUT2D eigenvalue weighted by molar-refractivity contribution is 7.61. The summed E-state index contributed by atoms with van der Waals surface area (Å²) < 4.78 is 14.1. The zero-order chi connectivity index (χ0) is 33.7. The van der Waals surface area contributed by atoms with Gasteiger partial charge in [-0.3, -0.25) is 4.84 Å². The fourth-order valence-corrected chi connectivity index (χ4v) is 9.58. The van der Waals surface area contributed by atoms with Crippen LogP contribution in [0.4, 0.5) is 0 Å². The number of aliphatic hydroxyl groups is 2. The Balaban J connectivity index is 4.02. The lowest BCUT2D eigenvalue weighted by Gasteiger charge is -2.30. The van der Waals surface area contributed by atoms with Gasteiger partial charge < -0.3 is 14.8 Å². The maximum Gasteiger partial charge on any atom is 0.172 e. The number of aliphatic hydroxyl groups excluding tert-OH is 2. The molecule has 0 radical (unpaired) electrons. The Bertz CT molecular complexity index is 580. The molecule has 0 aromatic rings. The van der Waals surface area contributed by atoms with Crippen molar-refractivity contribution in [3.05, 3.63) is 0 Å². The minimum atomic E-state index is -2.71. The molecule has 0 saturated carbocycles. The predicted molar refractivity (Wildman–Crippen MR) is 203 cm³/mol. The summed E-state index contributed by atoms with van der Waals surface area (Å²) in [5, 5.41) is 18.9. The van der Waals surface area contributed by atoms with Crippen molar-refractivity contribution in [1.29, 1.82) is 0 Å². The summed E-state index contributed by atoms with van der Waals surface area (Å²) in [6, 6.07) is 0. The molecular formula is C40H84NO4P. The van der Waals surface area contributed by atoms with Crippen LogP contribution in [0.1, 0.15) is 219 Å². The predicted octanol–water partition coefficient (Wildman–Crippen LogP) is 13.0. The van der Waals surface area contributed by atoms with Gasteiger partial charge in [-0.1, -0.05) is 206 Å². The molecule has 5 nitrogen and oxygen atoms in total. The number of rotatable bonds is 40. The van der Waals surface area contributed by atoms with Crippen molar-refractivity contribution in [1.82, 2.24) is 4.83 Å². The van der Waals surface area contributed by atoms with Crippen molar-refractivity contribution in [3.8, 4) is 0 Å². The van der Waals surface area contributed by atoms with E-state index in [9.17, 15) is 14.8 Å². The number of hydroxylamine groups is 1. The van der Waals surface area contributed by atoms with Crippen molar-refractivity contribution in [2.75, 3.05) is 38.7 Å². The van der Waals surface area contributed by atoms with E-state index in [1.54, 1.807) is 4.83 Å². The average Bonchev–Trinajstić information content (AvgIpc) is 3.06. The van der Waals surface area contributed by atoms with Gasteiger partial charge in [0.2, 0.25) is 0 Å². The first-order valence-electron chi connectivity index (χ1n) is 20.8. The Morgan fingerprint density at radius 1 is 0.413 bits per heavy atom. The van der Waals surface area contributed by atoms with Crippen LogP contribution < -0.4 is 0 Å². The van der Waals surface area contributed by atoms with Crippen LogP contribution in [0.25, 0.3) is 0 Å². The number of hydrogen-bond acceptors (Lipinski definition) is 4. The third kappa shape index (κ3) is 31.3. The van der Waals surface area contributed by atoms with Crippen LogP contribution >= 0.6 is 7.29 Å². The lowest BCUT2D eigenvalue weighted by atomic mass is 10.0. The van der Waals surface area contributed by atoms with Gasteiger partial charge in [0, 0.05) is 12.3 Å².